The molecule has 2 unspecified atom stereocenters. The van der Waals surface area contributed by atoms with Crippen molar-refractivity contribution in [1.29, 1.82) is 0 Å². The van der Waals surface area contributed by atoms with Crippen molar-refractivity contribution in [3.63, 3.8) is 0 Å². The van der Waals surface area contributed by atoms with Gasteiger partial charge in [-0.1, -0.05) is 44.5 Å². The number of hydrogen-bond acceptors (Lipinski definition) is 2. The van der Waals surface area contributed by atoms with Gasteiger partial charge in [-0.15, -0.1) is 0 Å². The first-order chi connectivity index (χ1) is 8.75. The highest BCUT2D eigenvalue weighted by molar-refractivity contribution is 6.30. The molecule has 1 aromatic carbocycles. The third-order valence-electron chi connectivity index (χ3n) is 4.03. The SMILES string of the molecule is CC(C)(C)C1CCC1(OC(N)=O)c1ccc(Cl)cc1. The highest BCUT2D eigenvalue weighted by Crippen LogP contribution is 2.56. The smallest absolute Gasteiger partial charge is 0.405 e. The fraction of sp³-hybridized carbons (Fsp3) is 0.533. The highest BCUT2D eigenvalue weighted by atomic mass is 35.5. The number of halogens is 1. The summed E-state index contributed by atoms with van der Waals surface area (Å²) in [5.74, 6) is 0.258. The lowest BCUT2D eigenvalue weighted by atomic mass is 9.56. The van der Waals surface area contributed by atoms with Crippen LogP contribution < -0.4 is 5.73 Å². The van der Waals surface area contributed by atoms with Crippen LogP contribution in [-0.2, 0) is 10.3 Å². The van der Waals surface area contributed by atoms with Gasteiger partial charge in [-0.25, -0.2) is 4.79 Å². The Kier molecular flexibility index (Phi) is 3.52. The van der Waals surface area contributed by atoms with Gasteiger partial charge < -0.3 is 10.5 Å². The Morgan fingerprint density at radius 2 is 1.95 bits per heavy atom. The Hall–Kier alpha value is -1.22. The van der Waals surface area contributed by atoms with Gasteiger partial charge in [0.05, 0.1) is 0 Å². The lowest BCUT2D eigenvalue weighted by Gasteiger charge is -2.54. The fourth-order valence-corrected chi connectivity index (χ4v) is 3.25. The third-order valence-corrected chi connectivity index (χ3v) is 4.28. The number of primary amides is 1. The Labute approximate surface area is 119 Å². The van der Waals surface area contributed by atoms with Gasteiger partial charge in [-0.3, -0.25) is 0 Å². The molecule has 1 amide bonds. The van der Waals surface area contributed by atoms with Crippen molar-refractivity contribution in [2.75, 3.05) is 0 Å². The predicted octanol–water partition coefficient (Wildman–Crippen LogP) is 4.09. The van der Waals surface area contributed by atoms with E-state index in [0.29, 0.717) is 5.02 Å². The minimum atomic E-state index is -0.719. The molecule has 1 aromatic rings. The lowest BCUT2D eigenvalue weighted by molar-refractivity contribution is -0.144. The summed E-state index contributed by atoms with van der Waals surface area (Å²) in [4.78, 5) is 11.3. The molecule has 2 N–H and O–H groups in total. The Morgan fingerprint density at radius 1 is 1.37 bits per heavy atom. The van der Waals surface area contributed by atoms with E-state index in [9.17, 15) is 4.79 Å². The van der Waals surface area contributed by atoms with Gasteiger partial charge >= 0.3 is 6.09 Å². The van der Waals surface area contributed by atoms with Crippen molar-refractivity contribution in [2.45, 2.75) is 39.2 Å². The van der Waals surface area contributed by atoms with Gasteiger partial charge in [-0.05, 0) is 36.0 Å². The van der Waals surface area contributed by atoms with Crippen molar-refractivity contribution in [1.82, 2.24) is 0 Å². The molecule has 104 valence electrons. The Balaban J connectivity index is 2.41. The summed E-state index contributed by atoms with van der Waals surface area (Å²) in [5.41, 5.74) is 5.69. The van der Waals surface area contributed by atoms with E-state index in [1.807, 2.05) is 24.3 Å². The summed E-state index contributed by atoms with van der Waals surface area (Å²) in [7, 11) is 0. The molecule has 0 spiro atoms. The second-order valence-electron chi connectivity index (χ2n) is 6.27. The van der Waals surface area contributed by atoms with E-state index < -0.39 is 11.7 Å². The van der Waals surface area contributed by atoms with Gasteiger partial charge in [0.25, 0.3) is 0 Å². The van der Waals surface area contributed by atoms with Crippen molar-refractivity contribution in [3.05, 3.63) is 34.9 Å². The molecular formula is C15H20ClNO2. The van der Waals surface area contributed by atoms with Crippen LogP contribution >= 0.6 is 11.6 Å². The van der Waals surface area contributed by atoms with Crippen molar-refractivity contribution in [3.8, 4) is 0 Å². The first kappa shape index (κ1) is 14.2. The molecule has 1 fully saturated rings. The van der Waals surface area contributed by atoms with E-state index in [1.54, 1.807) is 0 Å². The lowest BCUT2D eigenvalue weighted by Crippen LogP contribution is -2.53. The monoisotopic (exact) mass is 281 g/mol. The Bertz CT molecular complexity index is 478. The predicted molar refractivity (Wildman–Crippen MR) is 76.0 cm³/mol. The minimum absolute atomic E-state index is 0.0489. The van der Waals surface area contributed by atoms with Crippen molar-refractivity contribution in [2.24, 2.45) is 17.1 Å². The van der Waals surface area contributed by atoms with Crippen LogP contribution in [0.3, 0.4) is 0 Å². The number of carbonyl (C=O) groups is 1. The number of ether oxygens (including phenoxy) is 1. The second kappa shape index (κ2) is 4.71. The molecule has 0 bridgehead atoms. The first-order valence-corrected chi connectivity index (χ1v) is 6.88. The average molecular weight is 282 g/mol. The fourth-order valence-electron chi connectivity index (χ4n) is 3.12. The van der Waals surface area contributed by atoms with Gasteiger partial charge in [0, 0.05) is 10.9 Å². The van der Waals surface area contributed by atoms with E-state index in [4.69, 9.17) is 22.1 Å². The van der Waals surface area contributed by atoms with Crippen LogP contribution in [0.25, 0.3) is 0 Å². The maximum atomic E-state index is 11.3. The molecule has 0 heterocycles. The number of rotatable bonds is 2. The van der Waals surface area contributed by atoms with Gasteiger partial charge in [0.2, 0.25) is 0 Å². The normalized spacial score (nSPS) is 26.6. The number of nitrogens with two attached hydrogens (primary N) is 1. The van der Waals surface area contributed by atoms with Gasteiger partial charge in [-0.2, -0.15) is 0 Å². The van der Waals surface area contributed by atoms with Gasteiger partial charge in [0.1, 0.15) is 5.60 Å². The van der Waals surface area contributed by atoms with Crippen LogP contribution in [0, 0.1) is 11.3 Å². The Morgan fingerprint density at radius 3 is 2.32 bits per heavy atom. The molecular weight excluding hydrogens is 262 g/mol. The van der Waals surface area contributed by atoms with Crippen molar-refractivity contribution < 1.29 is 9.53 Å². The van der Waals surface area contributed by atoms with Gasteiger partial charge in [0.15, 0.2) is 0 Å². The number of carbonyl (C=O) groups excluding carboxylic acids is 1. The van der Waals surface area contributed by atoms with Crippen molar-refractivity contribution >= 4 is 17.7 Å². The molecule has 2 rings (SSSR count). The molecule has 1 aliphatic carbocycles. The summed E-state index contributed by atoms with van der Waals surface area (Å²) in [6, 6.07) is 7.48. The molecule has 1 saturated carbocycles. The topological polar surface area (TPSA) is 52.3 Å². The molecule has 1 aliphatic rings. The zero-order valence-corrected chi connectivity index (χ0v) is 12.3. The van der Waals surface area contributed by atoms with E-state index in [1.165, 1.54) is 0 Å². The molecule has 2 atom stereocenters. The summed E-state index contributed by atoms with van der Waals surface area (Å²) in [5, 5.41) is 0.671. The average Bonchev–Trinajstić information content (AvgIpc) is 2.23. The third kappa shape index (κ3) is 2.57. The summed E-state index contributed by atoms with van der Waals surface area (Å²) in [6.45, 7) is 6.48. The van der Waals surface area contributed by atoms with Crippen LogP contribution in [0.2, 0.25) is 5.02 Å². The molecule has 0 aromatic heterocycles. The minimum Gasteiger partial charge on any atom is -0.438 e. The van der Waals surface area contributed by atoms with Crippen LogP contribution in [0.15, 0.2) is 24.3 Å². The van der Waals surface area contributed by atoms with Crippen LogP contribution in [0.4, 0.5) is 4.79 Å². The molecule has 0 aliphatic heterocycles. The molecule has 4 heteroatoms. The van der Waals surface area contributed by atoms with E-state index in [2.05, 4.69) is 20.8 Å². The summed E-state index contributed by atoms with van der Waals surface area (Å²) < 4.78 is 5.53. The molecule has 0 saturated heterocycles. The molecule has 0 radical (unpaired) electrons. The van der Waals surface area contributed by atoms with Crippen LogP contribution in [0.5, 0.6) is 0 Å². The van der Waals surface area contributed by atoms with E-state index in [-0.39, 0.29) is 11.3 Å². The maximum Gasteiger partial charge on any atom is 0.405 e. The zero-order chi connectivity index (χ0) is 14.3. The highest BCUT2D eigenvalue weighted by Gasteiger charge is 2.55. The summed E-state index contributed by atoms with van der Waals surface area (Å²) in [6.07, 6.45) is 1.11. The molecule has 19 heavy (non-hydrogen) atoms. The standard InChI is InChI=1S/C15H20ClNO2/c1-14(2,3)12-8-9-15(12,19-13(17)18)10-4-6-11(16)7-5-10/h4-7,12H,8-9H2,1-3H3,(H2,17,18). The number of benzene rings is 1. The largest absolute Gasteiger partial charge is 0.438 e. The first-order valence-electron chi connectivity index (χ1n) is 6.50. The number of amides is 1. The maximum absolute atomic E-state index is 11.3. The quantitative estimate of drug-likeness (QED) is 0.888. The van der Waals surface area contributed by atoms with Crippen LogP contribution in [-0.4, -0.2) is 6.09 Å². The number of hydrogen-bond donors (Lipinski definition) is 1. The van der Waals surface area contributed by atoms with E-state index in [0.717, 1.165) is 18.4 Å². The van der Waals surface area contributed by atoms with Crippen LogP contribution in [0.1, 0.15) is 39.2 Å². The van der Waals surface area contributed by atoms with E-state index >= 15 is 0 Å². The summed E-state index contributed by atoms with van der Waals surface area (Å²) >= 11 is 5.92. The molecule has 3 nitrogen and oxygen atoms in total. The zero-order valence-electron chi connectivity index (χ0n) is 11.6. The second-order valence-corrected chi connectivity index (χ2v) is 6.71.